The van der Waals surface area contributed by atoms with Gasteiger partial charge in [-0.1, -0.05) is 28.1 Å². The highest BCUT2D eigenvalue weighted by molar-refractivity contribution is 9.10. The minimum Gasteiger partial charge on any atom is -0.358 e. The number of nitrogens with one attached hydrogen (secondary N) is 1. The van der Waals surface area contributed by atoms with Crippen molar-refractivity contribution in [1.82, 2.24) is 5.32 Å². The van der Waals surface area contributed by atoms with Crippen LogP contribution in [0.2, 0.25) is 0 Å². The van der Waals surface area contributed by atoms with Crippen LogP contribution >= 0.6 is 15.9 Å². The Bertz CT molecular complexity index is 348. The molecule has 1 atom stereocenters. The van der Waals surface area contributed by atoms with Crippen molar-refractivity contribution in [2.45, 2.75) is 12.8 Å². The van der Waals surface area contributed by atoms with Gasteiger partial charge in [-0.25, -0.2) is 0 Å². The van der Waals surface area contributed by atoms with E-state index in [0.29, 0.717) is 13.0 Å². The number of rotatable bonds is 5. The zero-order valence-electron chi connectivity index (χ0n) is 8.37. The van der Waals surface area contributed by atoms with Crippen molar-refractivity contribution in [1.29, 1.82) is 0 Å². The normalized spacial score (nSPS) is 11.9. The maximum absolute atomic E-state index is 11.4. The lowest BCUT2D eigenvalue weighted by atomic mass is 9.95. The summed E-state index contributed by atoms with van der Waals surface area (Å²) < 4.78 is 0.969. The first-order valence-electron chi connectivity index (χ1n) is 4.58. The second kappa shape index (κ2) is 5.66. The van der Waals surface area contributed by atoms with Crippen LogP contribution in [0.5, 0.6) is 0 Å². The highest BCUT2D eigenvalue weighted by Crippen LogP contribution is 2.19. The fraction of sp³-hybridized carbons (Fsp3) is 0.273. The van der Waals surface area contributed by atoms with Gasteiger partial charge in [0.2, 0.25) is 6.41 Å². The van der Waals surface area contributed by atoms with E-state index in [4.69, 9.17) is 0 Å². The largest absolute Gasteiger partial charge is 0.358 e. The molecule has 0 radical (unpaired) electrons. The zero-order valence-corrected chi connectivity index (χ0v) is 9.95. The van der Waals surface area contributed by atoms with Crippen molar-refractivity contribution >= 4 is 28.1 Å². The smallest absolute Gasteiger partial charge is 0.207 e. The molecular weight excluding hydrogens is 258 g/mol. The fourth-order valence-electron chi connectivity index (χ4n) is 1.36. The van der Waals surface area contributed by atoms with E-state index in [9.17, 15) is 9.59 Å². The third kappa shape index (κ3) is 3.47. The summed E-state index contributed by atoms with van der Waals surface area (Å²) in [6, 6.07) is 7.52. The maximum atomic E-state index is 11.4. The van der Waals surface area contributed by atoms with Crippen molar-refractivity contribution in [3.8, 4) is 0 Å². The predicted molar refractivity (Wildman–Crippen MR) is 61.6 cm³/mol. The number of hydrogen-bond acceptors (Lipinski definition) is 2. The van der Waals surface area contributed by atoms with Gasteiger partial charge in [-0.05, 0) is 24.6 Å². The van der Waals surface area contributed by atoms with Gasteiger partial charge in [0.05, 0.1) is 5.92 Å². The monoisotopic (exact) mass is 269 g/mol. The van der Waals surface area contributed by atoms with Gasteiger partial charge in [-0.3, -0.25) is 9.59 Å². The summed E-state index contributed by atoms with van der Waals surface area (Å²) in [4.78, 5) is 21.6. The molecule has 1 aromatic rings. The lowest BCUT2D eigenvalue weighted by molar-refractivity contribution is -0.118. The molecule has 4 heteroatoms. The number of carbonyl (C=O) groups is 2. The molecule has 15 heavy (non-hydrogen) atoms. The quantitative estimate of drug-likeness (QED) is 0.830. The molecule has 1 amide bonds. The molecular formula is C11H12BrNO2. The highest BCUT2D eigenvalue weighted by atomic mass is 79.9. The molecule has 0 aliphatic rings. The summed E-state index contributed by atoms with van der Waals surface area (Å²) in [6.07, 6.45) is 0.606. The SMILES string of the molecule is CC(=O)[C@H](CNC=O)c1ccc(Br)cc1. The van der Waals surface area contributed by atoms with Crippen LogP contribution < -0.4 is 5.32 Å². The summed E-state index contributed by atoms with van der Waals surface area (Å²) in [7, 11) is 0. The van der Waals surface area contributed by atoms with Gasteiger partial charge < -0.3 is 5.32 Å². The maximum Gasteiger partial charge on any atom is 0.207 e. The van der Waals surface area contributed by atoms with Gasteiger partial charge in [0.25, 0.3) is 0 Å². The zero-order chi connectivity index (χ0) is 11.3. The first-order chi connectivity index (χ1) is 7.15. The lowest BCUT2D eigenvalue weighted by Gasteiger charge is -2.13. The van der Waals surface area contributed by atoms with Gasteiger partial charge in [0.1, 0.15) is 5.78 Å². The Balaban J connectivity index is 2.83. The van der Waals surface area contributed by atoms with Crippen LogP contribution in [0.1, 0.15) is 18.4 Å². The molecule has 0 saturated carbocycles. The van der Waals surface area contributed by atoms with Crippen LogP contribution in [0, 0.1) is 0 Å². The third-order valence-electron chi connectivity index (χ3n) is 2.17. The summed E-state index contributed by atoms with van der Waals surface area (Å²) in [5, 5.41) is 2.53. The Labute approximate surface area is 97.0 Å². The van der Waals surface area contributed by atoms with Crippen LogP contribution in [-0.4, -0.2) is 18.7 Å². The van der Waals surface area contributed by atoms with Crippen molar-refractivity contribution in [2.24, 2.45) is 0 Å². The van der Waals surface area contributed by atoms with E-state index >= 15 is 0 Å². The lowest BCUT2D eigenvalue weighted by Crippen LogP contribution is -2.24. The van der Waals surface area contributed by atoms with Crippen molar-refractivity contribution < 1.29 is 9.59 Å². The van der Waals surface area contributed by atoms with Crippen LogP contribution in [0.4, 0.5) is 0 Å². The molecule has 0 unspecified atom stereocenters. The minimum atomic E-state index is -0.261. The van der Waals surface area contributed by atoms with Gasteiger partial charge >= 0.3 is 0 Å². The molecule has 0 fully saturated rings. The Morgan fingerprint density at radius 2 is 2.07 bits per heavy atom. The molecule has 3 nitrogen and oxygen atoms in total. The van der Waals surface area contributed by atoms with Crippen LogP contribution in [-0.2, 0) is 9.59 Å². The van der Waals surface area contributed by atoms with E-state index in [1.165, 1.54) is 6.92 Å². The Hall–Kier alpha value is -1.16. The van der Waals surface area contributed by atoms with Gasteiger partial charge in [-0.15, -0.1) is 0 Å². The average Bonchev–Trinajstić information content (AvgIpc) is 2.21. The van der Waals surface area contributed by atoms with Crippen LogP contribution in [0.3, 0.4) is 0 Å². The molecule has 1 rings (SSSR count). The minimum absolute atomic E-state index is 0.0478. The van der Waals surface area contributed by atoms with E-state index in [-0.39, 0.29) is 11.7 Å². The fourth-order valence-corrected chi connectivity index (χ4v) is 1.62. The average molecular weight is 270 g/mol. The Morgan fingerprint density at radius 1 is 1.47 bits per heavy atom. The molecule has 80 valence electrons. The summed E-state index contributed by atoms with van der Waals surface area (Å²) in [6.45, 7) is 1.87. The highest BCUT2D eigenvalue weighted by Gasteiger charge is 2.15. The standard InChI is InChI=1S/C11H12BrNO2/c1-8(15)11(6-13-7-14)9-2-4-10(12)5-3-9/h2-5,7,11H,6H2,1H3,(H,13,14)/t11-/m0/s1. The predicted octanol–water partition coefficient (Wildman–Crippen LogP) is 1.87. The number of hydrogen-bond donors (Lipinski definition) is 1. The number of amides is 1. The summed E-state index contributed by atoms with van der Waals surface area (Å²) >= 11 is 3.33. The first-order valence-corrected chi connectivity index (χ1v) is 5.37. The van der Waals surface area contributed by atoms with E-state index in [2.05, 4.69) is 21.2 Å². The number of Topliss-reactive ketones (excluding diaryl/α,β-unsaturated/α-hetero) is 1. The molecule has 0 spiro atoms. The number of ketones is 1. The van der Waals surface area contributed by atoms with Gasteiger partial charge in [0.15, 0.2) is 0 Å². The number of benzene rings is 1. The van der Waals surface area contributed by atoms with E-state index in [0.717, 1.165) is 10.0 Å². The third-order valence-corrected chi connectivity index (χ3v) is 2.70. The summed E-state index contributed by atoms with van der Waals surface area (Å²) in [5.74, 6) is -0.213. The van der Waals surface area contributed by atoms with E-state index < -0.39 is 0 Å². The van der Waals surface area contributed by atoms with Gasteiger partial charge in [-0.2, -0.15) is 0 Å². The Kier molecular flexibility index (Phi) is 4.49. The summed E-state index contributed by atoms with van der Waals surface area (Å²) in [5.41, 5.74) is 0.917. The second-order valence-electron chi connectivity index (χ2n) is 3.24. The Morgan fingerprint density at radius 3 is 2.53 bits per heavy atom. The second-order valence-corrected chi connectivity index (χ2v) is 4.16. The molecule has 1 aromatic carbocycles. The van der Waals surface area contributed by atoms with Gasteiger partial charge in [0, 0.05) is 11.0 Å². The van der Waals surface area contributed by atoms with E-state index in [1.807, 2.05) is 24.3 Å². The number of carbonyl (C=O) groups excluding carboxylic acids is 2. The molecule has 0 saturated heterocycles. The van der Waals surface area contributed by atoms with E-state index in [1.54, 1.807) is 0 Å². The first kappa shape index (κ1) is 11.9. The van der Waals surface area contributed by atoms with Crippen LogP contribution in [0.15, 0.2) is 28.7 Å². The molecule has 0 bridgehead atoms. The number of halogens is 1. The molecule has 1 N–H and O–H groups in total. The van der Waals surface area contributed by atoms with Crippen molar-refractivity contribution in [2.75, 3.05) is 6.54 Å². The van der Waals surface area contributed by atoms with Crippen LogP contribution in [0.25, 0.3) is 0 Å². The molecule has 0 heterocycles. The molecule has 0 aliphatic carbocycles. The van der Waals surface area contributed by atoms with Crippen molar-refractivity contribution in [3.05, 3.63) is 34.3 Å². The van der Waals surface area contributed by atoms with Crippen molar-refractivity contribution in [3.63, 3.8) is 0 Å². The molecule has 0 aromatic heterocycles. The topological polar surface area (TPSA) is 46.2 Å². The molecule has 0 aliphatic heterocycles.